The number of nitrogens with one attached hydrogen (secondary N) is 2. The molecule has 1 aromatic carbocycles. The van der Waals surface area contributed by atoms with Crippen molar-refractivity contribution in [1.82, 2.24) is 15.5 Å². The van der Waals surface area contributed by atoms with Gasteiger partial charge in [-0.1, -0.05) is 44.2 Å². The molecule has 2 rings (SSSR count). The Morgan fingerprint density at radius 3 is 2.41 bits per heavy atom. The van der Waals surface area contributed by atoms with Crippen LogP contribution < -0.4 is 10.6 Å². The molecule has 0 radical (unpaired) electrons. The van der Waals surface area contributed by atoms with E-state index in [1.165, 1.54) is 0 Å². The van der Waals surface area contributed by atoms with Gasteiger partial charge in [0.25, 0.3) is 0 Å². The first-order valence-electron chi connectivity index (χ1n) is 7.91. The first-order valence-corrected chi connectivity index (χ1v) is 7.91. The number of hydrogen-bond acceptors (Lipinski definition) is 3. The number of carbonyl (C=O) groups excluding carboxylic acids is 2. The van der Waals surface area contributed by atoms with Crippen LogP contribution in [0.5, 0.6) is 0 Å². The summed E-state index contributed by atoms with van der Waals surface area (Å²) in [5.41, 5.74) is 0.836. The van der Waals surface area contributed by atoms with Crippen LogP contribution in [-0.4, -0.2) is 42.9 Å². The molecule has 5 heteroatoms. The summed E-state index contributed by atoms with van der Waals surface area (Å²) >= 11 is 0. The lowest BCUT2D eigenvalue weighted by Gasteiger charge is -2.31. The molecule has 2 amide bonds. The van der Waals surface area contributed by atoms with Gasteiger partial charge in [0, 0.05) is 32.6 Å². The molecule has 0 aromatic heterocycles. The molecule has 22 heavy (non-hydrogen) atoms. The van der Waals surface area contributed by atoms with Crippen molar-refractivity contribution in [2.75, 3.05) is 26.2 Å². The molecule has 1 fully saturated rings. The molecule has 0 aliphatic carbocycles. The van der Waals surface area contributed by atoms with Crippen LogP contribution in [0.25, 0.3) is 0 Å². The van der Waals surface area contributed by atoms with E-state index in [9.17, 15) is 9.59 Å². The second kappa shape index (κ2) is 7.94. The van der Waals surface area contributed by atoms with Crippen LogP contribution in [0.4, 0.5) is 0 Å². The van der Waals surface area contributed by atoms with Gasteiger partial charge in [0.1, 0.15) is 6.04 Å². The maximum Gasteiger partial charge on any atom is 0.249 e. The van der Waals surface area contributed by atoms with E-state index in [0.29, 0.717) is 19.5 Å². The van der Waals surface area contributed by atoms with E-state index in [4.69, 9.17) is 0 Å². The molecule has 1 aliphatic rings. The van der Waals surface area contributed by atoms with Gasteiger partial charge < -0.3 is 15.5 Å². The molecule has 120 valence electrons. The first kappa shape index (κ1) is 16.5. The largest absolute Gasteiger partial charge is 0.341 e. The second-order valence-corrected chi connectivity index (χ2v) is 6.08. The zero-order chi connectivity index (χ0) is 15.9. The predicted octanol–water partition coefficient (Wildman–Crippen LogP) is 1.32. The van der Waals surface area contributed by atoms with Crippen LogP contribution in [-0.2, 0) is 9.59 Å². The number of rotatable bonds is 5. The minimum atomic E-state index is -0.592. The minimum Gasteiger partial charge on any atom is -0.341 e. The van der Waals surface area contributed by atoms with Crippen LogP contribution in [0.15, 0.2) is 30.3 Å². The predicted molar refractivity (Wildman–Crippen MR) is 86.2 cm³/mol. The van der Waals surface area contributed by atoms with E-state index < -0.39 is 6.04 Å². The molecule has 0 saturated carbocycles. The second-order valence-electron chi connectivity index (χ2n) is 6.08. The number of hydrogen-bond donors (Lipinski definition) is 2. The van der Waals surface area contributed by atoms with E-state index in [0.717, 1.165) is 18.7 Å². The zero-order valence-corrected chi connectivity index (χ0v) is 13.3. The average molecular weight is 303 g/mol. The Balaban J connectivity index is 2.14. The van der Waals surface area contributed by atoms with Crippen molar-refractivity contribution in [2.45, 2.75) is 26.3 Å². The lowest BCUT2D eigenvalue weighted by molar-refractivity contribution is -0.137. The number of benzene rings is 1. The molecule has 2 N–H and O–H groups in total. The highest BCUT2D eigenvalue weighted by molar-refractivity contribution is 5.88. The van der Waals surface area contributed by atoms with Crippen LogP contribution in [0.1, 0.15) is 31.9 Å². The standard InChI is InChI=1S/C17H25N3O2/c1-13(2)12-15(21)19-16(14-6-4-3-5-7-14)17(22)20-10-8-18-9-11-20/h3-7,13,16,18H,8-12H2,1-2H3,(H,19,21). The molecular formula is C17H25N3O2. The van der Waals surface area contributed by atoms with Gasteiger partial charge in [-0.15, -0.1) is 0 Å². The van der Waals surface area contributed by atoms with Crippen molar-refractivity contribution in [3.05, 3.63) is 35.9 Å². The van der Waals surface area contributed by atoms with Gasteiger partial charge >= 0.3 is 0 Å². The normalized spacial score (nSPS) is 16.4. The fourth-order valence-corrected chi connectivity index (χ4v) is 2.59. The Kier molecular flexibility index (Phi) is 5.95. The molecule has 1 atom stereocenters. The molecule has 5 nitrogen and oxygen atoms in total. The Labute approximate surface area is 132 Å². The van der Waals surface area contributed by atoms with Gasteiger partial charge in [0.05, 0.1) is 0 Å². The van der Waals surface area contributed by atoms with E-state index in [1.54, 1.807) is 0 Å². The van der Waals surface area contributed by atoms with Gasteiger partial charge in [-0.2, -0.15) is 0 Å². The van der Waals surface area contributed by atoms with Gasteiger partial charge in [0.2, 0.25) is 11.8 Å². The van der Waals surface area contributed by atoms with Crippen molar-refractivity contribution in [3.63, 3.8) is 0 Å². The van der Waals surface area contributed by atoms with Crippen molar-refractivity contribution in [1.29, 1.82) is 0 Å². The monoisotopic (exact) mass is 303 g/mol. The summed E-state index contributed by atoms with van der Waals surface area (Å²) in [5.74, 6) is 0.169. The summed E-state index contributed by atoms with van der Waals surface area (Å²) in [4.78, 5) is 26.8. The summed E-state index contributed by atoms with van der Waals surface area (Å²) in [6.07, 6.45) is 0.429. The first-order chi connectivity index (χ1) is 10.6. The Morgan fingerprint density at radius 2 is 1.82 bits per heavy atom. The quantitative estimate of drug-likeness (QED) is 0.862. The van der Waals surface area contributed by atoms with E-state index in [1.807, 2.05) is 49.1 Å². The summed E-state index contributed by atoms with van der Waals surface area (Å²) in [7, 11) is 0. The highest BCUT2D eigenvalue weighted by atomic mass is 16.2. The maximum atomic E-state index is 12.8. The Hall–Kier alpha value is -1.88. The molecule has 1 unspecified atom stereocenters. The van der Waals surface area contributed by atoms with Crippen LogP contribution >= 0.6 is 0 Å². The zero-order valence-electron chi connectivity index (χ0n) is 13.3. The third-order valence-corrected chi connectivity index (χ3v) is 3.71. The van der Waals surface area contributed by atoms with E-state index >= 15 is 0 Å². The molecule has 0 bridgehead atoms. The smallest absolute Gasteiger partial charge is 0.249 e. The number of piperazine rings is 1. The van der Waals surface area contributed by atoms with E-state index in [-0.39, 0.29) is 17.7 Å². The topological polar surface area (TPSA) is 61.4 Å². The fourth-order valence-electron chi connectivity index (χ4n) is 2.59. The van der Waals surface area contributed by atoms with Crippen LogP contribution in [0, 0.1) is 5.92 Å². The molecule has 1 aliphatic heterocycles. The molecule has 0 spiro atoms. The van der Waals surface area contributed by atoms with Gasteiger partial charge in [-0.25, -0.2) is 0 Å². The number of nitrogens with zero attached hydrogens (tertiary/aromatic N) is 1. The summed E-state index contributed by atoms with van der Waals surface area (Å²) < 4.78 is 0. The summed E-state index contributed by atoms with van der Waals surface area (Å²) in [5, 5.41) is 6.15. The van der Waals surface area contributed by atoms with Crippen molar-refractivity contribution in [2.24, 2.45) is 5.92 Å². The van der Waals surface area contributed by atoms with Crippen molar-refractivity contribution >= 4 is 11.8 Å². The fraction of sp³-hybridized carbons (Fsp3) is 0.529. The number of carbonyl (C=O) groups is 2. The van der Waals surface area contributed by atoms with Crippen LogP contribution in [0.2, 0.25) is 0 Å². The average Bonchev–Trinajstić information content (AvgIpc) is 2.53. The SMILES string of the molecule is CC(C)CC(=O)NC(C(=O)N1CCNCC1)c1ccccc1. The summed E-state index contributed by atoms with van der Waals surface area (Å²) in [6.45, 7) is 6.95. The van der Waals surface area contributed by atoms with Gasteiger partial charge in [0.15, 0.2) is 0 Å². The lowest BCUT2D eigenvalue weighted by Crippen LogP contribution is -2.50. The van der Waals surface area contributed by atoms with Crippen molar-refractivity contribution < 1.29 is 9.59 Å². The van der Waals surface area contributed by atoms with Crippen LogP contribution in [0.3, 0.4) is 0 Å². The van der Waals surface area contributed by atoms with Gasteiger partial charge in [-0.3, -0.25) is 9.59 Å². The maximum absolute atomic E-state index is 12.8. The molecular weight excluding hydrogens is 278 g/mol. The highest BCUT2D eigenvalue weighted by Crippen LogP contribution is 2.17. The summed E-state index contributed by atoms with van der Waals surface area (Å²) in [6, 6.07) is 8.88. The van der Waals surface area contributed by atoms with Gasteiger partial charge in [-0.05, 0) is 11.5 Å². The minimum absolute atomic E-state index is 0.0233. The Morgan fingerprint density at radius 1 is 1.18 bits per heavy atom. The Bertz CT molecular complexity index is 496. The lowest BCUT2D eigenvalue weighted by atomic mass is 10.0. The van der Waals surface area contributed by atoms with Crippen molar-refractivity contribution in [3.8, 4) is 0 Å². The molecule has 1 saturated heterocycles. The molecule has 1 heterocycles. The molecule has 1 aromatic rings. The third-order valence-electron chi connectivity index (χ3n) is 3.71. The third kappa shape index (κ3) is 4.56. The highest BCUT2D eigenvalue weighted by Gasteiger charge is 2.28. The number of amides is 2. The van der Waals surface area contributed by atoms with E-state index in [2.05, 4.69) is 10.6 Å².